The van der Waals surface area contributed by atoms with Gasteiger partial charge in [0.2, 0.25) is 0 Å². The summed E-state index contributed by atoms with van der Waals surface area (Å²) in [6.45, 7) is 4.53. The lowest BCUT2D eigenvalue weighted by atomic mass is 9.64. The summed E-state index contributed by atoms with van der Waals surface area (Å²) in [7, 11) is 1.80. The number of nitrogens with one attached hydrogen (secondary N) is 1. The van der Waals surface area contributed by atoms with Crippen molar-refractivity contribution in [1.29, 1.82) is 0 Å². The maximum absolute atomic E-state index is 5.50. The standard InChI is InChI=1S/C17H21NO/c1-17(2)15(11-16(17)19-3)18-14-9-8-12-6-4-5-7-13(12)10-14/h4-10,15-16,18H,11H2,1-3H3. The Hall–Kier alpha value is -1.54. The highest BCUT2D eigenvalue weighted by Crippen LogP contribution is 2.44. The lowest BCUT2D eigenvalue weighted by Gasteiger charge is -2.51. The lowest BCUT2D eigenvalue weighted by molar-refractivity contribution is -0.0794. The largest absolute Gasteiger partial charge is 0.382 e. The van der Waals surface area contributed by atoms with Crippen molar-refractivity contribution >= 4 is 16.5 Å². The fourth-order valence-electron chi connectivity index (χ4n) is 3.01. The van der Waals surface area contributed by atoms with E-state index in [1.165, 1.54) is 16.5 Å². The Bertz CT molecular complexity index is 591. The Morgan fingerprint density at radius 3 is 2.53 bits per heavy atom. The highest BCUT2D eigenvalue weighted by Gasteiger charge is 2.48. The molecular formula is C17H21NO. The van der Waals surface area contributed by atoms with Gasteiger partial charge in [0.1, 0.15) is 0 Å². The van der Waals surface area contributed by atoms with Crippen LogP contribution in [0.5, 0.6) is 0 Å². The summed E-state index contributed by atoms with van der Waals surface area (Å²) < 4.78 is 5.50. The molecule has 0 amide bonds. The van der Waals surface area contributed by atoms with Crippen molar-refractivity contribution in [3.05, 3.63) is 42.5 Å². The number of rotatable bonds is 3. The SMILES string of the molecule is COC1CC(Nc2ccc3ccccc3c2)C1(C)C. The summed E-state index contributed by atoms with van der Waals surface area (Å²) >= 11 is 0. The van der Waals surface area contributed by atoms with Crippen LogP contribution < -0.4 is 5.32 Å². The highest BCUT2D eigenvalue weighted by atomic mass is 16.5. The van der Waals surface area contributed by atoms with Crippen molar-refractivity contribution in [2.45, 2.75) is 32.4 Å². The second-order valence-electron chi connectivity index (χ2n) is 6.04. The van der Waals surface area contributed by atoms with Crippen LogP contribution in [-0.4, -0.2) is 19.3 Å². The van der Waals surface area contributed by atoms with Gasteiger partial charge in [-0.3, -0.25) is 0 Å². The molecule has 0 aromatic heterocycles. The molecule has 0 bridgehead atoms. The zero-order valence-electron chi connectivity index (χ0n) is 11.8. The molecule has 1 N–H and O–H groups in total. The normalized spacial score (nSPS) is 25.0. The second-order valence-corrected chi connectivity index (χ2v) is 6.04. The molecule has 1 aliphatic carbocycles. The zero-order chi connectivity index (χ0) is 13.5. The molecule has 2 aromatic carbocycles. The third-order valence-electron chi connectivity index (χ3n) is 4.55. The van der Waals surface area contributed by atoms with E-state index in [9.17, 15) is 0 Å². The average Bonchev–Trinajstić information content (AvgIpc) is 2.42. The molecular weight excluding hydrogens is 234 g/mol. The predicted octanol–water partition coefficient (Wildman–Crippen LogP) is 4.07. The monoisotopic (exact) mass is 255 g/mol. The van der Waals surface area contributed by atoms with Crippen molar-refractivity contribution < 1.29 is 4.74 Å². The fourth-order valence-corrected chi connectivity index (χ4v) is 3.01. The molecule has 2 atom stereocenters. The number of benzene rings is 2. The molecule has 0 aliphatic heterocycles. The summed E-state index contributed by atoms with van der Waals surface area (Å²) in [5.74, 6) is 0. The van der Waals surface area contributed by atoms with E-state index in [0.29, 0.717) is 12.1 Å². The number of hydrogen-bond donors (Lipinski definition) is 1. The third kappa shape index (κ3) is 2.10. The summed E-state index contributed by atoms with van der Waals surface area (Å²) in [5.41, 5.74) is 1.40. The summed E-state index contributed by atoms with van der Waals surface area (Å²) in [6, 6.07) is 15.5. The number of methoxy groups -OCH3 is 1. The molecule has 1 saturated carbocycles. The lowest BCUT2D eigenvalue weighted by Crippen LogP contribution is -2.57. The van der Waals surface area contributed by atoms with Crippen LogP contribution >= 0.6 is 0 Å². The second kappa shape index (κ2) is 4.53. The van der Waals surface area contributed by atoms with Crippen LogP contribution in [0.2, 0.25) is 0 Å². The van der Waals surface area contributed by atoms with Gasteiger partial charge in [0.05, 0.1) is 6.10 Å². The van der Waals surface area contributed by atoms with E-state index in [1.54, 1.807) is 7.11 Å². The predicted molar refractivity (Wildman–Crippen MR) is 80.6 cm³/mol. The molecule has 2 nitrogen and oxygen atoms in total. The molecule has 2 aromatic rings. The Kier molecular flexibility index (Phi) is 2.98. The maximum Gasteiger partial charge on any atom is 0.0661 e. The Labute approximate surface area is 114 Å². The molecule has 3 rings (SSSR count). The third-order valence-corrected chi connectivity index (χ3v) is 4.55. The Balaban J connectivity index is 1.79. The maximum atomic E-state index is 5.50. The van der Waals surface area contributed by atoms with E-state index in [4.69, 9.17) is 4.74 Å². The van der Waals surface area contributed by atoms with Crippen LogP contribution in [0, 0.1) is 5.41 Å². The van der Waals surface area contributed by atoms with Gasteiger partial charge in [-0.25, -0.2) is 0 Å². The first-order chi connectivity index (χ1) is 9.11. The molecule has 2 heteroatoms. The van der Waals surface area contributed by atoms with Gasteiger partial charge >= 0.3 is 0 Å². The van der Waals surface area contributed by atoms with Gasteiger partial charge in [-0.15, -0.1) is 0 Å². The fraction of sp³-hybridized carbons (Fsp3) is 0.412. The number of ether oxygens (including phenoxy) is 1. The van der Waals surface area contributed by atoms with Gasteiger partial charge in [-0.05, 0) is 29.3 Å². The summed E-state index contributed by atoms with van der Waals surface area (Å²) in [5, 5.41) is 6.22. The minimum Gasteiger partial charge on any atom is -0.382 e. The minimum atomic E-state index is 0.195. The van der Waals surface area contributed by atoms with E-state index >= 15 is 0 Å². The molecule has 2 unspecified atom stereocenters. The molecule has 0 heterocycles. The van der Waals surface area contributed by atoms with Gasteiger partial charge in [-0.1, -0.05) is 44.2 Å². The Morgan fingerprint density at radius 1 is 1.11 bits per heavy atom. The van der Waals surface area contributed by atoms with Crippen molar-refractivity contribution in [3.63, 3.8) is 0 Å². The van der Waals surface area contributed by atoms with E-state index in [2.05, 4.69) is 61.6 Å². The molecule has 0 radical (unpaired) electrons. The first-order valence-corrected chi connectivity index (χ1v) is 6.89. The van der Waals surface area contributed by atoms with Crippen molar-refractivity contribution in [3.8, 4) is 0 Å². The smallest absolute Gasteiger partial charge is 0.0661 e. The molecule has 1 fully saturated rings. The van der Waals surface area contributed by atoms with Crippen LogP contribution in [0.3, 0.4) is 0 Å². The van der Waals surface area contributed by atoms with E-state index in [-0.39, 0.29) is 5.41 Å². The van der Waals surface area contributed by atoms with Crippen molar-refractivity contribution in [1.82, 2.24) is 0 Å². The molecule has 0 spiro atoms. The van der Waals surface area contributed by atoms with Crippen LogP contribution in [0.4, 0.5) is 5.69 Å². The van der Waals surface area contributed by atoms with E-state index < -0.39 is 0 Å². The van der Waals surface area contributed by atoms with E-state index in [1.807, 2.05) is 0 Å². The van der Waals surface area contributed by atoms with Crippen LogP contribution in [0.1, 0.15) is 20.3 Å². The van der Waals surface area contributed by atoms with Gasteiger partial charge in [0.15, 0.2) is 0 Å². The number of hydrogen-bond acceptors (Lipinski definition) is 2. The van der Waals surface area contributed by atoms with Crippen molar-refractivity contribution in [2.24, 2.45) is 5.41 Å². The van der Waals surface area contributed by atoms with Gasteiger partial charge in [0.25, 0.3) is 0 Å². The average molecular weight is 255 g/mol. The van der Waals surface area contributed by atoms with E-state index in [0.717, 1.165) is 6.42 Å². The first kappa shape index (κ1) is 12.5. The van der Waals surface area contributed by atoms with Crippen LogP contribution in [-0.2, 0) is 4.74 Å². The summed E-state index contributed by atoms with van der Waals surface area (Å²) in [4.78, 5) is 0. The van der Waals surface area contributed by atoms with Crippen LogP contribution in [0.25, 0.3) is 10.8 Å². The summed E-state index contributed by atoms with van der Waals surface area (Å²) in [6.07, 6.45) is 1.45. The zero-order valence-corrected chi connectivity index (χ0v) is 11.8. The molecule has 0 saturated heterocycles. The number of fused-ring (bicyclic) bond motifs is 1. The van der Waals surface area contributed by atoms with Gasteiger partial charge in [0, 0.05) is 24.3 Å². The van der Waals surface area contributed by atoms with Gasteiger partial charge < -0.3 is 10.1 Å². The van der Waals surface area contributed by atoms with Crippen molar-refractivity contribution in [2.75, 3.05) is 12.4 Å². The topological polar surface area (TPSA) is 21.3 Å². The molecule has 100 valence electrons. The Morgan fingerprint density at radius 2 is 1.84 bits per heavy atom. The van der Waals surface area contributed by atoms with Crippen LogP contribution in [0.15, 0.2) is 42.5 Å². The molecule has 1 aliphatic rings. The first-order valence-electron chi connectivity index (χ1n) is 6.89. The minimum absolute atomic E-state index is 0.195. The highest BCUT2D eigenvalue weighted by molar-refractivity contribution is 5.85. The molecule has 19 heavy (non-hydrogen) atoms. The quantitative estimate of drug-likeness (QED) is 0.892. The number of anilines is 1. The van der Waals surface area contributed by atoms with Gasteiger partial charge in [-0.2, -0.15) is 0 Å².